The third kappa shape index (κ3) is 6.20. The first-order valence-electron chi connectivity index (χ1n) is 12.7. The first-order valence-corrected chi connectivity index (χ1v) is 13.4. The van der Waals surface area contributed by atoms with Gasteiger partial charge in [-0.2, -0.15) is 0 Å². The summed E-state index contributed by atoms with van der Waals surface area (Å²) in [5.41, 5.74) is 2.13. The number of fused-ring (bicyclic) bond motifs is 1. The van der Waals surface area contributed by atoms with Crippen LogP contribution in [0.2, 0.25) is 10.0 Å². The number of aliphatic hydroxyl groups excluding tert-OH is 1. The molecule has 1 aliphatic rings. The van der Waals surface area contributed by atoms with Crippen LogP contribution in [-0.2, 0) is 22.7 Å². The number of amides is 2. The highest BCUT2D eigenvalue weighted by molar-refractivity contribution is 6.42. The lowest BCUT2D eigenvalue weighted by molar-refractivity contribution is -0.143. The van der Waals surface area contributed by atoms with Crippen molar-refractivity contribution in [1.82, 2.24) is 19.4 Å². The van der Waals surface area contributed by atoms with E-state index in [2.05, 4.69) is 4.98 Å². The molecule has 38 heavy (non-hydrogen) atoms. The summed E-state index contributed by atoms with van der Waals surface area (Å²) in [5, 5.41) is 11.4. The van der Waals surface area contributed by atoms with Gasteiger partial charge in [0.2, 0.25) is 5.91 Å². The van der Waals surface area contributed by atoms with Gasteiger partial charge in [-0.05, 0) is 60.1 Å². The van der Waals surface area contributed by atoms with Gasteiger partial charge in [0, 0.05) is 26.7 Å². The number of carbonyl (C=O) groups is 2. The Morgan fingerprint density at radius 3 is 2.47 bits per heavy atom. The Morgan fingerprint density at radius 2 is 1.82 bits per heavy atom. The van der Waals surface area contributed by atoms with Gasteiger partial charge < -0.3 is 14.9 Å². The summed E-state index contributed by atoms with van der Waals surface area (Å²) in [7, 11) is 1.67. The minimum Gasteiger partial charge on any atom is -0.383 e. The number of carbonyl (C=O) groups excluding carboxylic acids is 2. The zero-order chi connectivity index (χ0) is 27.6. The maximum absolute atomic E-state index is 13.3. The number of aromatic nitrogens is 2. The predicted octanol–water partition coefficient (Wildman–Crippen LogP) is 4.08. The number of benzene rings is 2. The van der Waals surface area contributed by atoms with E-state index in [1.165, 1.54) is 15.8 Å². The molecule has 1 saturated heterocycles. The van der Waals surface area contributed by atoms with Crippen molar-refractivity contribution in [3.8, 4) is 0 Å². The van der Waals surface area contributed by atoms with Gasteiger partial charge in [-0.25, -0.2) is 4.98 Å². The average molecular weight is 559 g/mol. The van der Waals surface area contributed by atoms with E-state index >= 15 is 0 Å². The molecule has 2 heterocycles. The lowest BCUT2D eigenvalue weighted by Crippen LogP contribution is -2.45. The zero-order valence-electron chi connectivity index (χ0n) is 21.7. The van der Waals surface area contributed by atoms with Crippen molar-refractivity contribution in [3.63, 3.8) is 0 Å². The molecule has 1 aromatic heterocycles. The van der Waals surface area contributed by atoms with E-state index in [-0.39, 0.29) is 35.8 Å². The number of aliphatic hydroxyl groups is 1. The van der Waals surface area contributed by atoms with Crippen LogP contribution < -0.4 is 5.56 Å². The average Bonchev–Trinajstić information content (AvgIpc) is 2.91. The molecule has 3 aromatic rings. The van der Waals surface area contributed by atoms with Crippen LogP contribution in [0.3, 0.4) is 0 Å². The highest BCUT2D eigenvalue weighted by Crippen LogP contribution is 2.30. The molecule has 202 valence electrons. The summed E-state index contributed by atoms with van der Waals surface area (Å²) in [6, 6.07) is 10.9. The fourth-order valence-corrected chi connectivity index (χ4v) is 5.04. The standard InChI is InChI=1S/C28H32Cl2N4O4/c1-17(2)26(36)28(38)33-10-8-19(9-11-33)20-5-7-24-21(13-20)27(37)34(16-31-24)15-25(35)32(3)14-18-4-6-22(29)23(30)12-18/h4-7,12-13,16-17,19,26,36H,8-11,14-15H2,1-3H3/t26-/m0/s1. The van der Waals surface area contributed by atoms with Gasteiger partial charge in [0.05, 0.1) is 27.3 Å². The van der Waals surface area contributed by atoms with Crippen molar-refractivity contribution in [2.75, 3.05) is 20.1 Å². The quantitative estimate of drug-likeness (QED) is 0.471. The molecule has 0 aliphatic carbocycles. The molecule has 1 fully saturated rings. The smallest absolute Gasteiger partial charge is 0.261 e. The Morgan fingerprint density at radius 1 is 1.11 bits per heavy atom. The normalized spacial score (nSPS) is 15.2. The summed E-state index contributed by atoms with van der Waals surface area (Å²) in [4.78, 5) is 46.3. The van der Waals surface area contributed by atoms with Crippen LogP contribution in [0.4, 0.5) is 0 Å². The molecule has 0 unspecified atom stereocenters. The fraction of sp³-hybridized carbons (Fsp3) is 0.429. The fourth-order valence-electron chi connectivity index (χ4n) is 4.72. The third-order valence-electron chi connectivity index (χ3n) is 7.15. The van der Waals surface area contributed by atoms with Crippen LogP contribution in [0.1, 0.15) is 43.7 Å². The minimum atomic E-state index is -0.984. The number of rotatable bonds is 7. The molecule has 1 N–H and O–H groups in total. The van der Waals surface area contributed by atoms with E-state index in [0.717, 1.165) is 24.0 Å². The SMILES string of the molecule is CC(C)[C@H](O)C(=O)N1CCC(c2ccc3ncn(CC(=O)N(C)Cc4ccc(Cl)c(Cl)c4)c(=O)c3c2)CC1. The van der Waals surface area contributed by atoms with E-state index in [9.17, 15) is 19.5 Å². The van der Waals surface area contributed by atoms with E-state index in [4.69, 9.17) is 23.2 Å². The highest BCUT2D eigenvalue weighted by atomic mass is 35.5. The second-order valence-corrected chi connectivity index (χ2v) is 11.1. The van der Waals surface area contributed by atoms with Crippen molar-refractivity contribution in [3.05, 3.63) is 74.3 Å². The van der Waals surface area contributed by atoms with Crippen molar-refractivity contribution < 1.29 is 14.7 Å². The number of likely N-dealkylation sites (tertiary alicyclic amines) is 1. The summed E-state index contributed by atoms with van der Waals surface area (Å²) in [6.07, 6.45) is 1.91. The number of piperidine rings is 1. The largest absolute Gasteiger partial charge is 0.383 e. The van der Waals surface area contributed by atoms with Crippen LogP contribution in [0.5, 0.6) is 0 Å². The number of halogens is 2. The van der Waals surface area contributed by atoms with Crippen molar-refractivity contribution >= 4 is 45.9 Å². The van der Waals surface area contributed by atoms with Gasteiger partial charge in [0.25, 0.3) is 11.5 Å². The summed E-state index contributed by atoms with van der Waals surface area (Å²) in [5.74, 6) is -0.404. The molecule has 1 atom stereocenters. The predicted molar refractivity (Wildman–Crippen MR) is 148 cm³/mol. The monoisotopic (exact) mass is 558 g/mol. The molecule has 2 aromatic carbocycles. The van der Waals surface area contributed by atoms with Crippen LogP contribution in [-0.4, -0.2) is 62.5 Å². The molecule has 10 heteroatoms. The molecule has 8 nitrogen and oxygen atoms in total. The molecule has 4 rings (SSSR count). The van der Waals surface area contributed by atoms with Crippen LogP contribution in [0.15, 0.2) is 47.5 Å². The first kappa shape index (κ1) is 28.1. The van der Waals surface area contributed by atoms with E-state index in [1.807, 2.05) is 32.0 Å². The minimum absolute atomic E-state index is 0.127. The number of hydrogen-bond donors (Lipinski definition) is 1. The first-order chi connectivity index (χ1) is 18.0. The van der Waals surface area contributed by atoms with E-state index < -0.39 is 6.10 Å². The lowest BCUT2D eigenvalue weighted by atomic mass is 9.88. The summed E-state index contributed by atoms with van der Waals surface area (Å²) in [6.45, 7) is 4.96. The van der Waals surface area contributed by atoms with Crippen LogP contribution in [0.25, 0.3) is 10.9 Å². The van der Waals surface area contributed by atoms with Gasteiger partial charge in [-0.3, -0.25) is 19.0 Å². The molecule has 2 amide bonds. The molecule has 1 aliphatic heterocycles. The van der Waals surface area contributed by atoms with Crippen molar-refractivity contribution in [1.29, 1.82) is 0 Å². The molecule has 0 bridgehead atoms. The van der Waals surface area contributed by atoms with Crippen LogP contribution in [0, 0.1) is 5.92 Å². The number of hydrogen-bond acceptors (Lipinski definition) is 5. The van der Waals surface area contributed by atoms with Crippen molar-refractivity contribution in [2.24, 2.45) is 5.92 Å². The van der Waals surface area contributed by atoms with Gasteiger partial charge in [-0.15, -0.1) is 0 Å². The van der Waals surface area contributed by atoms with E-state index in [0.29, 0.717) is 40.6 Å². The Labute approximate surface area is 231 Å². The highest BCUT2D eigenvalue weighted by Gasteiger charge is 2.29. The second-order valence-electron chi connectivity index (χ2n) is 10.2. The Kier molecular flexibility index (Phi) is 8.75. The second kappa shape index (κ2) is 11.8. The zero-order valence-corrected chi connectivity index (χ0v) is 23.2. The van der Waals surface area contributed by atoms with Gasteiger partial charge in [0.1, 0.15) is 12.6 Å². The summed E-state index contributed by atoms with van der Waals surface area (Å²) >= 11 is 12.1. The Bertz CT molecular complexity index is 1400. The van der Waals surface area contributed by atoms with Gasteiger partial charge >= 0.3 is 0 Å². The molecule has 0 spiro atoms. The third-order valence-corrected chi connectivity index (χ3v) is 7.88. The van der Waals surface area contributed by atoms with Gasteiger partial charge in [-0.1, -0.05) is 49.2 Å². The topological polar surface area (TPSA) is 95.7 Å². The summed E-state index contributed by atoms with van der Waals surface area (Å²) < 4.78 is 1.33. The maximum Gasteiger partial charge on any atom is 0.261 e. The van der Waals surface area contributed by atoms with E-state index in [1.54, 1.807) is 30.1 Å². The van der Waals surface area contributed by atoms with Crippen molar-refractivity contribution in [2.45, 2.75) is 51.8 Å². The van der Waals surface area contributed by atoms with Gasteiger partial charge in [0.15, 0.2) is 0 Å². The van der Waals surface area contributed by atoms with Crippen LogP contribution >= 0.6 is 23.2 Å². The number of nitrogens with zero attached hydrogens (tertiary/aromatic N) is 4. The molecular weight excluding hydrogens is 527 g/mol. The molecule has 0 radical (unpaired) electrons. The lowest BCUT2D eigenvalue weighted by Gasteiger charge is -2.34. The number of likely N-dealkylation sites (N-methyl/N-ethyl adjacent to an activating group) is 1. The maximum atomic E-state index is 13.3. The molecular formula is C28H32Cl2N4O4. The Hall–Kier alpha value is -2.94. The Balaban J connectivity index is 1.45. The molecule has 0 saturated carbocycles.